The standard InChI is InChI=1S/C16H15F3N4O/c17-16(18,19)14-12(4-3-8-21-14)15(24)22-11-6-9-23(10-11)13-5-1-2-7-20-13/h1-5,7-8,11H,6,9-10H2,(H,22,24)/t11-/m1/s1. The van der Waals surface area contributed by atoms with Crippen LogP contribution in [0, 0.1) is 0 Å². The minimum absolute atomic E-state index is 0.235. The van der Waals surface area contributed by atoms with E-state index in [9.17, 15) is 18.0 Å². The number of halogens is 3. The van der Waals surface area contributed by atoms with Crippen LogP contribution in [0.25, 0.3) is 0 Å². The third kappa shape index (κ3) is 3.47. The maximum atomic E-state index is 12.9. The number of amides is 1. The SMILES string of the molecule is O=C(N[C@@H]1CCN(c2ccccn2)C1)c1cccnc1C(F)(F)F. The molecule has 3 rings (SSSR count). The Hall–Kier alpha value is -2.64. The van der Waals surface area contributed by atoms with Crippen LogP contribution in [0.5, 0.6) is 0 Å². The lowest BCUT2D eigenvalue weighted by atomic mass is 10.1. The average Bonchev–Trinajstić information content (AvgIpc) is 3.03. The van der Waals surface area contributed by atoms with Crippen molar-refractivity contribution in [3.8, 4) is 0 Å². The zero-order chi connectivity index (χ0) is 17.2. The quantitative estimate of drug-likeness (QED) is 0.936. The number of hydrogen-bond acceptors (Lipinski definition) is 4. The molecule has 0 radical (unpaired) electrons. The molecule has 1 N–H and O–H groups in total. The number of nitrogens with zero attached hydrogens (tertiary/aromatic N) is 3. The average molecular weight is 336 g/mol. The third-order valence-electron chi connectivity index (χ3n) is 3.82. The molecular formula is C16H15F3N4O. The van der Waals surface area contributed by atoms with Crippen LogP contribution in [0.1, 0.15) is 22.5 Å². The number of carbonyl (C=O) groups excluding carboxylic acids is 1. The smallest absolute Gasteiger partial charge is 0.354 e. The summed E-state index contributed by atoms with van der Waals surface area (Å²) in [7, 11) is 0. The van der Waals surface area contributed by atoms with E-state index in [0.717, 1.165) is 18.1 Å². The molecular weight excluding hydrogens is 321 g/mol. The summed E-state index contributed by atoms with van der Waals surface area (Å²) in [5.74, 6) is 0.0231. The van der Waals surface area contributed by atoms with E-state index in [1.165, 1.54) is 6.07 Å². The van der Waals surface area contributed by atoms with Crippen molar-refractivity contribution in [2.75, 3.05) is 18.0 Å². The van der Waals surface area contributed by atoms with Gasteiger partial charge < -0.3 is 10.2 Å². The monoisotopic (exact) mass is 336 g/mol. The van der Waals surface area contributed by atoms with Crippen molar-refractivity contribution in [3.63, 3.8) is 0 Å². The summed E-state index contributed by atoms with van der Waals surface area (Å²) in [6, 6.07) is 7.74. The summed E-state index contributed by atoms with van der Waals surface area (Å²) in [6.07, 6.45) is -1.32. The number of carbonyl (C=O) groups is 1. The second-order valence-electron chi connectivity index (χ2n) is 5.49. The van der Waals surface area contributed by atoms with Gasteiger partial charge in [-0.3, -0.25) is 9.78 Å². The zero-order valence-corrected chi connectivity index (χ0v) is 12.6. The molecule has 8 heteroatoms. The Morgan fingerprint density at radius 2 is 1.96 bits per heavy atom. The second kappa shape index (κ2) is 6.46. The summed E-state index contributed by atoms with van der Waals surface area (Å²) in [4.78, 5) is 21.7. The number of nitrogens with one attached hydrogen (secondary N) is 1. The van der Waals surface area contributed by atoms with Crippen molar-refractivity contribution < 1.29 is 18.0 Å². The molecule has 0 unspecified atom stereocenters. The highest BCUT2D eigenvalue weighted by Gasteiger charge is 2.37. The van der Waals surface area contributed by atoms with Crippen LogP contribution in [-0.2, 0) is 6.18 Å². The van der Waals surface area contributed by atoms with Gasteiger partial charge in [0.2, 0.25) is 0 Å². The molecule has 0 saturated carbocycles. The van der Waals surface area contributed by atoms with Crippen LogP contribution >= 0.6 is 0 Å². The van der Waals surface area contributed by atoms with Crippen LogP contribution in [0.3, 0.4) is 0 Å². The normalized spacial score (nSPS) is 17.8. The van der Waals surface area contributed by atoms with Crippen molar-refractivity contribution in [2.45, 2.75) is 18.6 Å². The van der Waals surface area contributed by atoms with Gasteiger partial charge in [-0.25, -0.2) is 4.98 Å². The van der Waals surface area contributed by atoms with Crippen LogP contribution in [-0.4, -0.2) is 35.0 Å². The number of pyridine rings is 2. The number of alkyl halides is 3. The molecule has 1 fully saturated rings. The van der Waals surface area contributed by atoms with Gasteiger partial charge in [-0.1, -0.05) is 6.07 Å². The molecule has 1 amide bonds. The first kappa shape index (κ1) is 16.2. The van der Waals surface area contributed by atoms with Crippen molar-refractivity contribution in [2.24, 2.45) is 0 Å². The van der Waals surface area contributed by atoms with E-state index in [1.807, 2.05) is 17.0 Å². The van der Waals surface area contributed by atoms with Gasteiger partial charge in [-0.2, -0.15) is 13.2 Å². The molecule has 0 aromatic carbocycles. The van der Waals surface area contributed by atoms with E-state index in [1.54, 1.807) is 12.3 Å². The lowest BCUT2D eigenvalue weighted by molar-refractivity contribution is -0.141. The Bertz CT molecular complexity index is 721. The van der Waals surface area contributed by atoms with E-state index in [2.05, 4.69) is 15.3 Å². The first-order valence-electron chi connectivity index (χ1n) is 7.44. The van der Waals surface area contributed by atoms with Gasteiger partial charge in [0.25, 0.3) is 5.91 Å². The molecule has 1 aliphatic rings. The lowest BCUT2D eigenvalue weighted by Crippen LogP contribution is -2.38. The first-order valence-corrected chi connectivity index (χ1v) is 7.44. The summed E-state index contributed by atoms with van der Waals surface area (Å²) in [5, 5.41) is 2.66. The Labute approximate surface area is 136 Å². The van der Waals surface area contributed by atoms with E-state index in [4.69, 9.17) is 0 Å². The number of hydrogen-bond donors (Lipinski definition) is 1. The molecule has 24 heavy (non-hydrogen) atoms. The molecule has 126 valence electrons. The van der Waals surface area contributed by atoms with Gasteiger partial charge in [-0.05, 0) is 30.7 Å². The van der Waals surface area contributed by atoms with Crippen LogP contribution < -0.4 is 10.2 Å². The fourth-order valence-corrected chi connectivity index (χ4v) is 2.70. The predicted octanol–water partition coefficient (Wildman–Crippen LogP) is 2.50. The Kier molecular flexibility index (Phi) is 4.37. The fourth-order valence-electron chi connectivity index (χ4n) is 2.70. The third-order valence-corrected chi connectivity index (χ3v) is 3.82. The molecule has 0 bridgehead atoms. The molecule has 5 nitrogen and oxygen atoms in total. The molecule has 0 spiro atoms. The molecule has 1 aliphatic heterocycles. The van der Waals surface area contributed by atoms with Crippen molar-refractivity contribution in [3.05, 3.63) is 54.0 Å². The molecule has 1 saturated heterocycles. The van der Waals surface area contributed by atoms with E-state index in [0.29, 0.717) is 19.5 Å². The first-order chi connectivity index (χ1) is 11.4. The number of rotatable bonds is 3. The van der Waals surface area contributed by atoms with Crippen LogP contribution in [0.2, 0.25) is 0 Å². The Morgan fingerprint density at radius 1 is 1.17 bits per heavy atom. The maximum Gasteiger partial charge on any atom is 0.434 e. The van der Waals surface area contributed by atoms with Gasteiger partial charge in [0.1, 0.15) is 5.82 Å². The molecule has 2 aromatic heterocycles. The minimum Gasteiger partial charge on any atom is -0.354 e. The summed E-state index contributed by atoms with van der Waals surface area (Å²) >= 11 is 0. The molecule has 0 aliphatic carbocycles. The van der Waals surface area contributed by atoms with Crippen molar-refractivity contribution in [1.29, 1.82) is 0 Å². The predicted molar refractivity (Wildman–Crippen MR) is 81.6 cm³/mol. The minimum atomic E-state index is -4.66. The second-order valence-corrected chi connectivity index (χ2v) is 5.49. The summed E-state index contributed by atoms with van der Waals surface area (Å²) < 4.78 is 38.8. The zero-order valence-electron chi connectivity index (χ0n) is 12.6. The van der Waals surface area contributed by atoms with E-state index in [-0.39, 0.29) is 6.04 Å². The Morgan fingerprint density at radius 3 is 2.67 bits per heavy atom. The highest BCUT2D eigenvalue weighted by molar-refractivity contribution is 5.95. The Balaban J connectivity index is 1.69. The fraction of sp³-hybridized carbons (Fsp3) is 0.312. The van der Waals surface area contributed by atoms with Crippen LogP contribution in [0.4, 0.5) is 19.0 Å². The molecule has 2 aromatic rings. The topological polar surface area (TPSA) is 58.1 Å². The summed E-state index contributed by atoms with van der Waals surface area (Å²) in [5.41, 5.74) is -1.62. The van der Waals surface area contributed by atoms with Crippen molar-refractivity contribution in [1.82, 2.24) is 15.3 Å². The van der Waals surface area contributed by atoms with E-state index >= 15 is 0 Å². The lowest BCUT2D eigenvalue weighted by Gasteiger charge is -2.18. The number of anilines is 1. The van der Waals surface area contributed by atoms with Gasteiger partial charge in [-0.15, -0.1) is 0 Å². The highest BCUT2D eigenvalue weighted by Crippen LogP contribution is 2.30. The molecule has 1 atom stereocenters. The van der Waals surface area contributed by atoms with Crippen molar-refractivity contribution >= 4 is 11.7 Å². The largest absolute Gasteiger partial charge is 0.434 e. The van der Waals surface area contributed by atoms with Crippen LogP contribution in [0.15, 0.2) is 42.7 Å². The van der Waals surface area contributed by atoms with E-state index < -0.39 is 23.3 Å². The van der Waals surface area contributed by atoms with Gasteiger partial charge in [0.15, 0.2) is 5.69 Å². The van der Waals surface area contributed by atoms with Gasteiger partial charge in [0.05, 0.1) is 5.56 Å². The highest BCUT2D eigenvalue weighted by atomic mass is 19.4. The summed E-state index contributed by atoms with van der Waals surface area (Å²) in [6.45, 7) is 1.19. The number of aromatic nitrogens is 2. The maximum absolute atomic E-state index is 12.9. The van der Waals surface area contributed by atoms with Gasteiger partial charge >= 0.3 is 6.18 Å². The van der Waals surface area contributed by atoms with Gasteiger partial charge in [0, 0.05) is 31.5 Å². The molecule has 3 heterocycles.